The number of aliphatic hydroxyl groups excluding tert-OH is 1. The molecule has 2 aliphatic rings. The van der Waals surface area contributed by atoms with Gasteiger partial charge in [0.15, 0.2) is 0 Å². The summed E-state index contributed by atoms with van der Waals surface area (Å²) in [6.45, 7) is 2.19. The van der Waals surface area contributed by atoms with Gasteiger partial charge in [-0.2, -0.15) is 0 Å². The lowest BCUT2D eigenvalue weighted by Crippen LogP contribution is -2.47. The summed E-state index contributed by atoms with van der Waals surface area (Å²) in [4.78, 5) is 6.18. The molecule has 0 bridgehead atoms. The van der Waals surface area contributed by atoms with E-state index in [1.807, 2.05) is 23.1 Å². The van der Waals surface area contributed by atoms with E-state index in [1.165, 1.54) is 0 Å². The Morgan fingerprint density at radius 1 is 1.35 bits per heavy atom. The van der Waals surface area contributed by atoms with Crippen molar-refractivity contribution >= 4 is 0 Å². The second kappa shape index (κ2) is 7.17. The number of alkyl halides is 2. The first-order chi connectivity index (χ1) is 11.0. The molecule has 7 heteroatoms. The van der Waals surface area contributed by atoms with E-state index in [4.69, 9.17) is 4.74 Å². The minimum Gasteiger partial charge on any atom is -0.389 e. The van der Waals surface area contributed by atoms with Gasteiger partial charge in [0.25, 0.3) is 5.92 Å². The Labute approximate surface area is 134 Å². The predicted octanol–water partition coefficient (Wildman–Crippen LogP) is 1.03. The van der Waals surface area contributed by atoms with E-state index < -0.39 is 12.0 Å². The van der Waals surface area contributed by atoms with Gasteiger partial charge >= 0.3 is 0 Å². The van der Waals surface area contributed by atoms with Crippen LogP contribution in [0.15, 0.2) is 24.4 Å². The minimum atomic E-state index is -2.54. The molecule has 2 N–H and O–H groups in total. The topological polar surface area (TPSA) is 57.6 Å². The Bertz CT molecular complexity index is 493. The molecule has 0 saturated carbocycles. The third kappa shape index (κ3) is 4.44. The van der Waals surface area contributed by atoms with Crippen molar-refractivity contribution in [2.45, 2.75) is 43.6 Å². The van der Waals surface area contributed by atoms with Crippen LogP contribution in [0.4, 0.5) is 8.78 Å². The molecule has 5 nitrogen and oxygen atoms in total. The van der Waals surface area contributed by atoms with Crippen LogP contribution in [0, 0.1) is 0 Å². The molecule has 0 aliphatic carbocycles. The summed E-state index contributed by atoms with van der Waals surface area (Å²) in [6, 6.07) is 5.53. The normalized spacial score (nSPS) is 31.3. The minimum absolute atomic E-state index is 0.114. The monoisotopic (exact) mass is 327 g/mol. The van der Waals surface area contributed by atoms with Crippen molar-refractivity contribution in [2.24, 2.45) is 0 Å². The number of aliphatic hydroxyl groups is 1. The van der Waals surface area contributed by atoms with Crippen LogP contribution in [0.25, 0.3) is 0 Å². The molecule has 0 aromatic carbocycles. The summed E-state index contributed by atoms with van der Waals surface area (Å²) < 4.78 is 32.0. The fraction of sp³-hybridized carbons (Fsp3) is 0.688. The van der Waals surface area contributed by atoms with Crippen LogP contribution in [0.5, 0.6) is 0 Å². The fourth-order valence-electron chi connectivity index (χ4n) is 3.08. The molecule has 3 heterocycles. The standard InChI is InChI=1S/C16H23F2N3O2/c17-16(18)4-7-21(8-5-16)10-14-15(22)13(11-23-14)20-9-12-3-1-2-6-19-12/h1-3,6,13-15,20,22H,4-5,7-11H2/t13-,14-,15+/m0/s1. The number of hydrogen-bond acceptors (Lipinski definition) is 5. The van der Waals surface area contributed by atoms with Crippen LogP contribution in [0.2, 0.25) is 0 Å². The Morgan fingerprint density at radius 3 is 2.83 bits per heavy atom. The van der Waals surface area contributed by atoms with Crippen LogP contribution in [-0.4, -0.2) is 65.4 Å². The summed E-state index contributed by atoms with van der Waals surface area (Å²) in [7, 11) is 0. The van der Waals surface area contributed by atoms with Crippen LogP contribution < -0.4 is 5.32 Å². The van der Waals surface area contributed by atoms with Gasteiger partial charge in [-0.25, -0.2) is 8.78 Å². The molecule has 1 aromatic rings. The van der Waals surface area contributed by atoms with Crippen molar-refractivity contribution in [1.29, 1.82) is 0 Å². The van der Waals surface area contributed by atoms with Crippen molar-refractivity contribution < 1.29 is 18.6 Å². The Morgan fingerprint density at radius 2 is 2.13 bits per heavy atom. The highest BCUT2D eigenvalue weighted by atomic mass is 19.3. The lowest BCUT2D eigenvalue weighted by Gasteiger charge is -2.33. The van der Waals surface area contributed by atoms with E-state index in [0.717, 1.165) is 5.69 Å². The zero-order valence-corrected chi connectivity index (χ0v) is 13.0. The third-order valence-electron chi connectivity index (χ3n) is 4.58. The van der Waals surface area contributed by atoms with Gasteiger partial charge in [0.05, 0.1) is 30.6 Å². The van der Waals surface area contributed by atoms with Gasteiger partial charge in [-0.15, -0.1) is 0 Å². The lowest BCUT2D eigenvalue weighted by molar-refractivity contribution is -0.0674. The number of rotatable bonds is 5. The molecule has 2 saturated heterocycles. The van der Waals surface area contributed by atoms with Crippen LogP contribution in [-0.2, 0) is 11.3 Å². The summed E-state index contributed by atoms with van der Waals surface area (Å²) in [6.07, 6.45) is 0.533. The first-order valence-corrected chi connectivity index (χ1v) is 8.07. The molecular weight excluding hydrogens is 304 g/mol. The first-order valence-electron chi connectivity index (χ1n) is 8.07. The van der Waals surface area contributed by atoms with Crippen molar-refractivity contribution in [2.75, 3.05) is 26.2 Å². The maximum absolute atomic E-state index is 13.2. The molecule has 0 radical (unpaired) electrons. The highest BCUT2D eigenvalue weighted by molar-refractivity contribution is 5.04. The van der Waals surface area contributed by atoms with Crippen LogP contribution >= 0.6 is 0 Å². The van der Waals surface area contributed by atoms with Crippen molar-refractivity contribution in [3.63, 3.8) is 0 Å². The summed E-state index contributed by atoms with van der Waals surface area (Å²) in [5, 5.41) is 13.6. The SMILES string of the molecule is O[C@@H]1[C@@H](NCc2ccccn2)CO[C@H]1CN1CCC(F)(F)CC1. The van der Waals surface area contributed by atoms with E-state index in [2.05, 4.69) is 10.3 Å². The largest absolute Gasteiger partial charge is 0.389 e. The molecule has 1 aromatic heterocycles. The second-order valence-corrected chi connectivity index (χ2v) is 6.33. The molecule has 2 fully saturated rings. The smallest absolute Gasteiger partial charge is 0.250 e. The van der Waals surface area contributed by atoms with Gasteiger partial charge in [0.2, 0.25) is 0 Å². The second-order valence-electron chi connectivity index (χ2n) is 6.33. The molecule has 0 amide bonds. The van der Waals surface area contributed by atoms with E-state index in [9.17, 15) is 13.9 Å². The number of pyridine rings is 1. The Kier molecular flexibility index (Phi) is 5.21. The van der Waals surface area contributed by atoms with E-state index in [1.54, 1.807) is 6.20 Å². The maximum atomic E-state index is 13.2. The summed E-state index contributed by atoms with van der Waals surface area (Å²) in [5.74, 6) is -2.54. The Hall–Kier alpha value is -1.15. The zero-order chi connectivity index (χ0) is 16.3. The van der Waals surface area contributed by atoms with Gasteiger partial charge in [-0.3, -0.25) is 4.98 Å². The van der Waals surface area contributed by atoms with Gasteiger partial charge in [-0.1, -0.05) is 6.07 Å². The number of nitrogens with one attached hydrogen (secondary N) is 1. The molecule has 2 aliphatic heterocycles. The first kappa shape index (κ1) is 16.7. The average Bonchev–Trinajstić information content (AvgIpc) is 2.89. The molecular formula is C16H23F2N3O2. The highest BCUT2D eigenvalue weighted by Crippen LogP contribution is 2.28. The number of nitrogens with zero attached hydrogens (tertiary/aromatic N) is 2. The quantitative estimate of drug-likeness (QED) is 0.846. The summed E-state index contributed by atoms with van der Waals surface area (Å²) >= 11 is 0. The van der Waals surface area contributed by atoms with Gasteiger partial charge in [0, 0.05) is 45.2 Å². The molecule has 3 atom stereocenters. The van der Waals surface area contributed by atoms with Crippen LogP contribution in [0.1, 0.15) is 18.5 Å². The van der Waals surface area contributed by atoms with E-state index in [-0.39, 0.29) is 25.0 Å². The van der Waals surface area contributed by atoms with Gasteiger partial charge in [-0.05, 0) is 12.1 Å². The zero-order valence-electron chi connectivity index (χ0n) is 13.0. The fourth-order valence-corrected chi connectivity index (χ4v) is 3.08. The van der Waals surface area contributed by atoms with Gasteiger partial charge in [0.1, 0.15) is 0 Å². The van der Waals surface area contributed by atoms with Crippen LogP contribution in [0.3, 0.4) is 0 Å². The number of likely N-dealkylation sites (tertiary alicyclic amines) is 1. The molecule has 0 spiro atoms. The van der Waals surface area contributed by atoms with Crippen molar-refractivity contribution in [3.8, 4) is 0 Å². The predicted molar refractivity (Wildman–Crippen MR) is 81.2 cm³/mol. The third-order valence-corrected chi connectivity index (χ3v) is 4.58. The lowest BCUT2D eigenvalue weighted by atomic mass is 10.0. The summed E-state index contributed by atoms with van der Waals surface area (Å²) in [5.41, 5.74) is 0.904. The van der Waals surface area contributed by atoms with Crippen molar-refractivity contribution in [1.82, 2.24) is 15.2 Å². The molecule has 3 rings (SSSR count). The average molecular weight is 327 g/mol. The van der Waals surface area contributed by atoms with Crippen molar-refractivity contribution in [3.05, 3.63) is 30.1 Å². The Balaban J connectivity index is 1.44. The number of hydrogen-bond donors (Lipinski definition) is 2. The highest BCUT2D eigenvalue weighted by Gasteiger charge is 2.39. The van der Waals surface area contributed by atoms with E-state index >= 15 is 0 Å². The number of piperidine rings is 1. The maximum Gasteiger partial charge on any atom is 0.250 e. The molecule has 23 heavy (non-hydrogen) atoms. The number of ether oxygens (including phenoxy) is 1. The number of aromatic nitrogens is 1. The number of halogens is 2. The molecule has 0 unspecified atom stereocenters. The van der Waals surface area contributed by atoms with Gasteiger partial charge < -0.3 is 20.1 Å². The molecule has 128 valence electrons. The van der Waals surface area contributed by atoms with E-state index in [0.29, 0.717) is 32.8 Å².